The fourth-order valence-electron chi connectivity index (χ4n) is 8.50. The number of aromatic nitrogens is 2. The van der Waals surface area contributed by atoms with E-state index in [1.165, 1.54) is 10.8 Å². The summed E-state index contributed by atoms with van der Waals surface area (Å²) >= 11 is 0. The Kier molecular flexibility index (Phi) is 7.06. The monoisotopic (exact) mass is 720 g/mol. The molecular formula is C50H32N4O2. The molecule has 6 heteroatoms. The third-order valence-electron chi connectivity index (χ3n) is 10.9. The smallest absolute Gasteiger partial charge is 0.227 e. The van der Waals surface area contributed by atoms with Crippen LogP contribution in [0.15, 0.2) is 198 Å². The number of furan rings is 2. The zero-order valence-electron chi connectivity index (χ0n) is 30.2. The third kappa shape index (κ3) is 4.63. The lowest BCUT2D eigenvalue weighted by Crippen LogP contribution is -2.16. The van der Waals surface area contributed by atoms with Gasteiger partial charge in [0.1, 0.15) is 0 Å². The van der Waals surface area contributed by atoms with Gasteiger partial charge in [-0.3, -0.25) is 0 Å². The first-order valence-corrected chi connectivity index (χ1v) is 18.6. The van der Waals surface area contributed by atoms with Gasteiger partial charge in [0.05, 0.1) is 22.7 Å². The van der Waals surface area contributed by atoms with Crippen molar-refractivity contribution in [1.29, 1.82) is 0 Å². The van der Waals surface area contributed by atoms with Crippen LogP contribution in [0.1, 0.15) is 0 Å². The van der Waals surface area contributed by atoms with Crippen LogP contribution in [0, 0.1) is 0 Å². The molecule has 56 heavy (non-hydrogen) atoms. The Balaban J connectivity index is 1.19. The number of benzene rings is 7. The fourth-order valence-corrected chi connectivity index (χ4v) is 8.50. The molecule has 0 spiro atoms. The first kappa shape index (κ1) is 31.8. The van der Waals surface area contributed by atoms with Crippen molar-refractivity contribution >= 4 is 105 Å². The molecule has 0 unspecified atom stereocenters. The van der Waals surface area contributed by atoms with Crippen molar-refractivity contribution in [2.75, 3.05) is 9.80 Å². The molecule has 0 bridgehead atoms. The van der Waals surface area contributed by atoms with Crippen LogP contribution < -0.4 is 9.80 Å². The molecule has 0 aliphatic carbocycles. The quantitative estimate of drug-likeness (QED) is 0.115. The molecule has 11 rings (SSSR count). The molecule has 0 N–H and O–H groups in total. The van der Waals surface area contributed by atoms with Crippen molar-refractivity contribution in [2.24, 2.45) is 0 Å². The van der Waals surface area contributed by atoms with Gasteiger partial charge in [0.25, 0.3) is 0 Å². The Labute approximate surface area is 321 Å². The van der Waals surface area contributed by atoms with E-state index in [1.807, 2.05) is 36.4 Å². The molecule has 0 atom stereocenters. The van der Waals surface area contributed by atoms with E-state index in [0.29, 0.717) is 11.4 Å². The van der Waals surface area contributed by atoms with E-state index in [-0.39, 0.29) is 0 Å². The largest absolute Gasteiger partial charge is 0.435 e. The maximum atomic E-state index is 6.53. The maximum Gasteiger partial charge on any atom is 0.227 e. The van der Waals surface area contributed by atoms with E-state index in [0.717, 1.165) is 88.4 Å². The number of hydrogen-bond acceptors (Lipinski definition) is 6. The molecule has 11 aromatic rings. The lowest BCUT2D eigenvalue weighted by Gasteiger charge is -2.29. The molecular weight excluding hydrogens is 689 g/mol. The van der Waals surface area contributed by atoms with Crippen molar-refractivity contribution < 1.29 is 8.83 Å². The first-order chi connectivity index (χ1) is 27.7. The summed E-state index contributed by atoms with van der Waals surface area (Å²) in [6, 6.07) is 48.9. The van der Waals surface area contributed by atoms with Crippen LogP contribution in [0.3, 0.4) is 0 Å². The second kappa shape index (κ2) is 12.4. The molecule has 4 heterocycles. The standard InChI is InChI=1S/C50H32N4O2/c1-3-12-33(4-2)53(43-19-8-15-35-37-17-10-29-51-49(37)55-47(35)43)41-27-23-31-22-26-40-42(28-24-32-21-25-39(41)45(31)46(32)40)54(34-13-6-5-7-14-34)44-20-9-16-36-38-18-11-30-52-50(38)56-48(36)44/h3-30H,1-2H2/b33-12+. The highest BCUT2D eigenvalue weighted by molar-refractivity contribution is 6.28. The Morgan fingerprint density at radius 1 is 0.482 bits per heavy atom. The van der Waals surface area contributed by atoms with Crippen molar-refractivity contribution in [3.05, 3.63) is 189 Å². The molecule has 0 fully saturated rings. The van der Waals surface area contributed by atoms with E-state index in [1.54, 1.807) is 18.5 Å². The predicted molar refractivity (Wildman–Crippen MR) is 232 cm³/mol. The SMILES string of the molecule is C=C/C=C(\C=C)N(c1ccc2ccc3c(N(c4ccccc4)c4cccc5c4oc4ncccc45)ccc4ccc1c2c43)c1cccc2c1oc1ncccc12. The van der Waals surface area contributed by atoms with Gasteiger partial charge >= 0.3 is 0 Å². The van der Waals surface area contributed by atoms with Gasteiger partial charge in [-0.2, -0.15) is 0 Å². The summed E-state index contributed by atoms with van der Waals surface area (Å²) in [5.41, 5.74) is 8.49. The Morgan fingerprint density at radius 2 is 1.04 bits per heavy atom. The highest BCUT2D eigenvalue weighted by Gasteiger charge is 2.25. The van der Waals surface area contributed by atoms with Gasteiger partial charge in [-0.05, 0) is 94.4 Å². The number of nitrogens with zero attached hydrogens (tertiary/aromatic N) is 4. The van der Waals surface area contributed by atoms with Gasteiger partial charge in [0.2, 0.25) is 11.4 Å². The number of para-hydroxylation sites is 3. The molecule has 0 radical (unpaired) electrons. The molecule has 0 saturated heterocycles. The lowest BCUT2D eigenvalue weighted by molar-refractivity contribution is 0.654. The number of rotatable bonds is 8. The van der Waals surface area contributed by atoms with Gasteiger partial charge in [0, 0.05) is 56.1 Å². The highest BCUT2D eigenvalue weighted by Crippen LogP contribution is 2.49. The van der Waals surface area contributed by atoms with Crippen molar-refractivity contribution in [2.45, 2.75) is 0 Å². The zero-order chi connectivity index (χ0) is 37.3. The van der Waals surface area contributed by atoms with Crippen LogP contribution >= 0.6 is 0 Å². The van der Waals surface area contributed by atoms with E-state index >= 15 is 0 Å². The Morgan fingerprint density at radius 3 is 1.66 bits per heavy atom. The summed E-state index contributed by atoms with van der Waals surface area (Å²) < 4.78 is 13.0. The molecule has 264 valence electrons. The van der Waals surface area contributed by atoms with Crippen molar-refractivity contribution in [1.82, 2.24) is 9.97 Å². The fraction of sp³-hybridized carbons (Fsp3) is 0. The lowest BCUT2D eigenvalue weighted by atomic mass is 9.91. The molecule has 0 saturated carbocycles. The van der Waals surface area contributed by atoms with Crippen LogP contribution in [-0.2, 0) is 0 Å². The minimum atomic E-state index is 0.600. The number of hydrogen-bond donors (Lipinski definition) is 0. The topological polar surface area (TPSA) is 58.5 Å². The average molecular weight is 721 g/mol. The van der Waals surface area contributed by atoms with Crippen LogP contribution in [0.25, 0.3) is 76.5 Å². The van der Waals surface area contributed by atoms with Crippen LogP contribution in [-0.4, -0.2) is 9.97 Å². The molecule has 0 amide bonds. The molecule has 6 nitrogen and oxygen atoms in total. The molecule has 4 aromatic heterocycles. The highest BCUT2D eigenvalue weighted by atomic mass is 16.3. The number of pyridine rings is 2. The number of allylic oxidation sites excluding steroid dienone is 3. The summed E-state index contributed by atoms with van der Waals surface area (Å²) in [4.78, 5) is 13.6. The Bertz CT molecular complexity index is 3380. The van der Waals surface area contributed by atoms with E-state index < -0.39 is 0 Å². The summed E-state index contributed by atoms with van der Waals surface area (Å²) in [5, 5.41) is 10.8. The minimum Gasteiger partial charge on any atom is -0.435 e. The normalized spacial score (nSPS) is 12.2. The minimum absolute atomic E-state index is 0.600. The summed E-state index contributed by atoms with van der Waals surface area (Å²) in [5.74, 6) is 0. The number of anilines is 5. The third-order valence-corrected chi connectivity index (χ3v) is 10.9. The molecule has 7 aromatic carbocycles. The first-order valence-electron chi connectivity index (χ1n) is 18.6. The number of fused-ring (bicyclic) bond motifs is 6. The van der Waals surface area contributed by atoms with Gasteiger partial charge in [-0.1, -0.05) is 98.1 Å². The summed E-state index contributed by atoms with van der Waals surface area (Å²) in [7, 11) is 0. The van der Waals surface area contributed by atoms with Crippen molar-refractivity contribution in [3.63, 3.8) is 0 Å². The van der Waals surface area contributed by atoms with Crippen LogP contribution in [0.5, 0.6) is 0 Å². The van der Waals surface area contributed by atoms with Crippen molar-refractivity contribution in [3.8, 4) is 0 Å². The predicted octanol–water partition coefficient (Wildman–Crippen LogP) is 14.0. The van der Waals surface area contributed by atoms with Crippen LogP contribution in [0.4, 0.5) is 28.4 Å². The van der Waals surface area contributed by atoms with Crippen LogP contribution in [0.2, 0.25) is 0 Å². The second-order valence-corrected chi connectivity index (χ2v) is 13.9. The van der Waals surface area contributed by atoms with Gasteiger partial charge in [-0.15, -0.1) is 0 Å². The van der Waals surface area contributed by atoms with Gasteiger partial charge < -0.3 is 18.6 Å². The van der Waals surface area contributed by atoms with E-state index in [4.69, 9.17) is 8.83 Å². The van der Waals surface area contributed by atoms with E-state index in [9.17, 15) is 0 Å². The van der Waals surface area contributed by atoms with Gasteiger partial charge in [-0.25, -0.2) is 9.97 Å². The van der Waals surface area contributed by atoms with Gasteiger partial charge in [0.15, 0.2) is 11.2 Å². The summed E-state index contributed by atoms with van der Waals surface area (Å²) in [6.07, 6.45) is 9.17. The maximum absolute atomic E-state index is 6.53. The second-order valence-electron chi connectivity index (χ2n) is 13.9. The molecule has 0 aliphatic rings. The zero-order valence-corrected chi connectivity index (χ0v) is 30.2. The van der Waals surface area contributed by atoms with E-state index in [2.05, 4.69) is 148 Å². The summed E-state index contributed by atoms with van der Waals surface area (Å²) in [6.45, 7) is 8.29. The average Bonchev–Trinajstić information content (AvgIpc) is 3.83. The molecule has 0 aliphatic heterocycles. The Hall–Kier alpha value is -7.70.